The van der Waals surface area contributed by atoms with Gasteiger partial charge >= 0.3 is 0 Å². The number of hydrogen-bond donors (Lipinski definition) is 1. The zero-order chi connectivity index (χ0) is 15.1. The van der Waals surface area contributed by atoms with E-state index in [0.29, 0.717) is 11.7 Å². The number of amides is 1. The maximum atomic E-state index is 12.0. The fourth-order valence-corrected chi connectivity index (χ4v) is 2.38. The van der Waals surface area contributed by atoms with Gasteiger partial charge in [0.1, 0.15) is 5.75 Å². The van der Waals surface area contributed by atoms with Gasteiger partial charge in [0.05, 0.1) is 12.4 Å². The molecular weight excluding hydrogens is 286 g/mol. The van der Waals surface area contributed by atoms with Crippen LogP contribution in [0.5, 0.6) is 5.75 Å². The fourth-order valence-electron chi connectivity index (χ4n) is 1.63. The van der Waals surface area contributed by atoms with Gasteiger partial charge in [-0.1, -0.05) is 23.9 Å². The van der Waals surface area contributed by atoms with Gasteiger partial charge in [-0.3, -0.25) is 4.79 Å². The molecule has 110 valence electrons. The van der Waals surface area contributed by atoms with Crippen molar-refractivity contribution in [2.45, 2.75) is 23.9 Å². The molecule has 0 aliphatic rings. The average molecular weight is 303 g/mol. The molecule has 1 unspecified atom stereocenters. The van der Waals surface area contributed by atoms with E-state index in [0.717, 1.165) is 11.3 Å². The quantitative estimate of drug-likeness (QED) is 0.655. The third-order valence-corrected chi connectivity index (χ3v) is 3.81. The third-order valence-electron chi connectivity index (χ3n) is 2.82. The normalized spacial score (nSPS) is 11.7. The summed E-state index contributed by atoms with van der Waals surface area (Å²) in [6.07, 6.45) is 3.33. The first-order valence-electron chi connectivity index (χ1n) is 6.53. The zero-order valence-corrected chi connectivity index (χ0v) is 12.8. The smallest absolute Gasteiger partial charge is 0.233 e. The standard InChI is InChI=1S/C15H17N3O2S/c1-11(21-15-16-8-3-9-17-15)14(19)18-10-12-4-6-13(20-2)7-5-12/h3-9,11H,10H2,1-2H3,(H,18,19). The zero-order valence-electron chi connectivity index (χ0n) is 11.9. The van der Waals surface area contributed by atoms with Crippen LogP contribution >= 0.6 is 11.8 Å². The molecule has 0 saturated heterocycles. The van der Waals surface area contributed by atoms with Gasteiger partial charge in [0.15, 0.2) is 5.16 Å². The van der Waals surface area contributed by atoms with Crippen molar-refractivity contribution in [3.05, 3.63) is 48.3 Å². The topological polar surface area (TPSA) is 64.1 Å². The average Bonchev–Trinajstić information content (AvgIpc) is 2.54. The van der Waals surface area contributed by atoms with Gasteiger partial charge in [-0.05, 0) is 30.7 Å². The summed E-state index contributed by atoms with van der Waals surface area (Å²) in [5.41, 5.74) is 1.03. The van der Waals surface area contributed by atoms with E-state index in [1.54, 1.807) is 25.6 Å². The highest BCUT2D eigenvalue weighted by Gasteiger charge is 2.15. The lowest BCUT2D eigenvalue weighted by molar-refractivity contribution is -0.120. The molecule has 1 aromatic carbocycles. The van der Waals surface area contributed by atoms with Crippen molar-refractivity contribution in [3.63, 3.8) is 0 Å². The highest BCUT2D eigenvalue weighted by atomic mass is 32.2. The van der Waals surface area contributed by atoms with Crippen LogP contribution in [0.25, 0.3) is 0 Å². The summed E-state index contributed by atoms with van der Waals surface area (Å²) in [6, 6.07) is 9.35. The van der Waals surface area contributed by atoms with Crippen molar-refractivity contribution in [2.75, 3.05) is 7.11 Å². The van der Waals surface area contributed by atoms with Gasteiger partial charge in [-0.15, -0.1) is 0 Å². The number of aromatic nitrogens is 2. The Kier molecular flexibility index (Phi) is 5.57. The monoisotopic (exact) mass is 303 g/mol. The van der Waals surface area contributed by atoms with Crippen molar-refractivity contribution in [1.82, 2.24) is 15.3 Å². The van der Waals surface area contributed by atoms with E-state index in [1.165, 1.54) is 11.8 Å². The second kappa shape index (κ2) is 7.64. The van der Waals surface area contributed by atoms with Gasteiger partial charge in [-0.25, -0.2) is 9.97 Å². The molecule has 0 radical (unpaired) electrons. The summed E-state index contributed by atoms with van der Waals surface area (Å²) < 4.78 is 5.09. The van der Waals surface area contributed by atoms with E-state index < -0.39 is 0 Å². The summed E-state index contributed by atoms with van der Waals surface area (Å²) in [6.45, 7) is 2.33. The van der Waals surface area contributed by atoms with E-state index >= 15 is 0 Å². The number of carbonyl (C=O) groups is 1. The molecule has 6 heteroatoms. The number of ether oxygens (including phenoxy) is 1. The van der Waals surface area contributed by atoms with Gasteiger partial charge in [0, 0.05) is 18.9 Å². The molecule has 0 saturated carbocycles. The number of nitrogens with zero attached hydrogens (tertiary/aromatic N) is 2. The summed E-state index contributed by atoms with van der Waals surface area (Å²) in [7, 11) is 1.63. The number of nitrogens with one attached hydrogen (secondary N) is 1. The lowest BCUT2D eigenvalue weighted by Gasteiger charge is -2.11. The Labute approximate surface area is 128 Å². The number of hydrogen-bond acceptors (Lipinski definition) is 5. The maximum absolute atomic E-state index is 12.0. The number of rotatable bonds is 6. The summed E-state index contributed by atoms with van der Waals surface area (Å²) in [5.74, 6) is 0.762. The minimum absolute atomic E-state index is 0.0386. The predicted molar refractivity (Wildman–Crippen MR) is 82.2 cm³/mol. The van der Waals surface area contributed by atoms with Crippen molar-refractivity contribution in [3.8, 4) is 5.75 Å². The van der Waals surface area contributed by atoms with E-state index in [2.05, 4.69) is 15.3 Å². The second-order valence-electron chi connectivity index (χ2n) is 4.36. The Morgan fingerprint density at radius 2 is 1.95 bits per heavy atom. The number of benzene rings is 1. The molecular formula is C15H17N3O2S. The molecule has 2 rings (SSSR count). The Bertz CT molecular complexity index is 575. The molecule has 1 atom stereocenters. The van der Waals surface area contributed by atoms with E-state index in [1.807, 2.05) is 31.2 Å². The first-order chi connectivity index (χ1) is 10.2. The molecule has 0 aliphatic carbocycles. The molecule has 0 fully saturated rings. The lowest BCUT2D eigenvalue weighted by atomic mass is 10.2. The summed E-state index contributed by atoms with van der Waals surface area (Å²) in [4.78, 5) is 20.2. The Hall–Kier alpha value is -2.08. The van der Waals surface area contributed by atoms with Crippen LogP contribution in [0, 0.1) is 0 Å². The molecule has 1 N–H and O–H groups in total. The third kappa shape index (κ3) is 4.75. The first-order valence-corrected chi connectivity index (χ1v) is 7.41. The Morgan fingerprint density at radius 1 is 1.29 bits per heavy atom. The maximum Gasteiger partial charge on any atom is 0.233 e. The van der Waals surface area contributed by atoms with Crippen LogP contribution in [0.2, 0.25) is 0 Å². The van der Waals surface area contributed by atoms with E-state index in [4.69, 9.17) is 4.74 Å². The first kappa shape index (κ1) is 15.3. The van der Waals surface area contributed by atoms with Gasteiger partial charge < -0.3 is 10.1 Å². The fraction of sp³-hybridized carbons (Fsp3) is 0.267. The van der Waals surface area contributed by atoms with Crippen LogP contribution in [0.15, 0.2) is 47.9 Å². The predicted octanol–water partition coefficient (Wildman–Crippen LogP) is 2.28. The molecule has 0 aliphatic heterocycles. The Balaban J connectivity index is 1.83. The molecule has 1 amide bonds. The molecule has 2 aromatic rings. The number of thioether (sulfide) groups is 1. The minimum atomic E-state index is -0.245. The highest BCUT2D eigenvalue weighted by molar-refractivity contribution is 8.00. The Morgan fingerprint density at radius 3 is 2.57 bits per heavy atom. The van der Waals surface area contributed by atoms with E-state index in [-0.39, 0.29) is 11.2 Å². The lowest BCUT2D eigenvalue weighted by Crippen LogP contribution is -2.30. The molecule has 1 aromatic heterocycles. The molecule has 0 bridgehead atoms. The van der Waals surface area contributed by atoms with Crippen LogP contribution in [-0.4, -0.2) is 28.2 Å². The van der Waals surface area contributed by atoms with Crippen LogP contribution in [-0.2, 0) is 11.3 Å². The van der Waals surface area contributed by atoms with Crippen molar-refractivity contribution in [1.29, 1.82) is 0 Å². The molecule has 21 heavy (non-hydrogen) atoms. The van der Waals surface area contributed by atoms with Gasteiger partial charge in [-0.2, -0.15) is 0 Å². The van der Waals surface area contributed by atoms with Crippen LogP contribution in [0.3, 0.4) is 0 Å². The SMILES string of the molecule is COc1ccc(CNC(=O)C(C)Sc2ncccn2)cc1. The van der Waals surface area contributed by atoms with Crippen LogP contribution in [0.1, 0.15) is 12.5 Å². The van der Waals surface area contributed by atoms with Crippen molar-refractivity contribution >= 4 is 17.7 Å². The van der Waals surface area contributed by atoms with Crippen molar-refractivity contribution in [2.24, 2.45) is 0 Å². The molecule has 5 nitrogen and oxygen atoms in total. The largest absolute Gasteiger partial charge is 0.497 e. The molecule has 1 heterocycles. The van der Waals surface area contributed by atoms with Crippen molar-refractivity contribution < 1.29 is 9.53 Å². The van der Waals surface area contributed by atoms with Gasteiger partial charge in [0.2, 0.25) is 5.91 Å². The second-order valence-corrected chi connectivity index (χ2v) is 5.67. The minimum Gasteiger partial charge on any atom is -0.497 e. The number of methoxy groups -OCH3 is 1. The van der Waals surface area contributed by atoms with Crippen LogP contribution < -0.4 is 10.1 Å². The van der Waals surface area contributed by atoms with Gasteiger partial charge in [0.25, 0.3) is 0 Å². The van der Waals surface area contributed by atoms with E-state index in [9.17, 15) is 4.79 Å². The summed E-state index contributed by atoms with van der Waals surface area (Å²) >= 11 is 1.34. The number of carbonyl (C=O) groups excluding carboxylic acids is 1. The van der Waals surface area contributed by atoms with Crippen LogP contribution in [0.4, 0.5) is 0 Å². The summed E-state index contributed by atoms with van der Waals surface area (Å²) in [5, 5.41) is 3.26. The molecule has 0 spiro atoms. The highest BCUT2D eigenvalue weighted by Crippen LogP contribution is 2.18.